The number of sulfone groups is 1. The topological polar surface area (TPSA) is 52.0 Å². The van der Waals surface area contributed by atoms with Crippen LogP contribution in [-0.2, 0) is 16.4 Å². The third-order valence-corrected chi connectivity index (χ3v) is 4.84. The van der Waals surface area contributed by atoms with E-state index in [-0.39, 0.29) is 10.3 Å². The van der Waals surface area contributed by atoms with Gasteiger partial charge in [0.1, 0.15) is 11.3 Å². The molecule has 0 bridgehead atoms. The zero-order chi connectivity index (χ0) is 15.6. The Labute approximate surface area is 131 Å². The molecular formula is C15H21ClN2O2S. The van der Waals surface area contributed by atoms with E-state index in [4.69, 9.17) is 11.6 Å². The van der Waals surface area contributed by atoms with Crippen LogP contribution in [0.2, 0.25) is 0 Å². The fourth-order valence-electron chi connectivity index (χ4n) is 2.50. The fourth-order valence-corrected chi connectivity index (χ4v) is 3.49. The molecule has 0 aliphatic rings. The van der Waals surface area contributed by atoms with E-state index < -0.39 is 9.84 Å². The zero-order valence-electron chi connectivity index (χ0n) is 12.6. The second-order valence-corrected chi connectivity index (χ2v) is 7.98. The summed E-state index contributed by atoms with van der Waals surface area (Å²) in [5, 5.41) is -0.258. The van der Waals surface area contributed by atoms with Crippen LogP contribution in [-0.4, -0.2) is 24.2 Å². The number of hydrogen-bond acceptors (Lipinski definition) is 3. The molecule has 1 atom stereocenters. The van der Waals surface area contributed by atoms with Crippen molar-refractivity contribution in [1.82, 2.24) is 9.55 Å². The SMILES string of the molecule is CCCCCn1c(C(C)Cl)nc2c(S(C)(=O)=O)cccc21. The number of fused-ring (bicyclic) bond motifs is 1. The molecule has 116 valence electrons. The summed E-state index contributed by atoms with van der Waals surface area (Å²) in [4.78, 5) is 4.78. The Morgan fingerprint density at radius 2 is 2.05 bits per heavy atom. The van der Waals surface area contributed by atoms with Crippen LogP contribution in [0, 0.1) is 0 Å². The number of aromatic nitrogens is 2. The van der Waals surface area contributed by atoms with E-state index in [0.29, 0.717) is 5.52 Å². The van der Waals surface area contributed by atoms with E-state index in [1.807, 2.05) is 13.0 Å². The largest absolute Gasteiger partial charge is 0.327 e. The number of nitrogens with zero attached hydrogens (tertiary/aromatic N) is 2. The van der Waals surface area contributed by atoms with Crippen molar-refractivity contribution in [1.29, 1.82) is 0 Å². The summed E-state index contributed by atoms with van der Waals surface area (Å²) >= 11 is 6.23. The number of imidazole rings is 1. The highest BCUT2D eigenvalue weighted by Crippen LogP contribution is 2.29. The van der Waals surface area contributed by atoms with E-state index >= 15 is 0 Å². The normalized spacial score (nSPS) is 13.7. The number of unbranched alkanes of at least 4 members (excludes halogenated alkanes) is 2. The molecule has 1 heterocycles. The van der Waals surface area contributed by atoms with Gasteiger partial charge in [0.15, 0.2) is 9.84 Å². The van der Waals surface area contributed by atoms with Gasteiger partial charge in [-0.3, -0.25) is 0 Å². The highest BCUT2D eigenvalue weighted by atomic mass is 35.5. The van der Waals surface area contributed by atoms with Gasteiger partial charge in [0.05, 0.1) is 15.8 Å². The summed E-state index contributed by atoms with van der Waals surface area (Å²) < 4.78 is 25.9. The second-order valence-electron chi connectivity index (χ2n) is 5.34. The molecule has 0 aliphatic carbocycles. The first-order chi connectivity index (χ1) is 9.86. The summed E-state index contributed by atoms with van der Waals surface area (Å²) in [5.41, 5.74) is 1.37. The maximum Gasteiger partial charge on any atom is 0.177 e. The second kappa shape index (κ2) is 6.36. The molecule has 0 N–H and O–H groups in total. The lowest BCUT2D eigenvalue weighted by atomic mass is 10.2. The average Bonchev–Trinajstić information content (AvgIpc) is 2.77. The lowest BCUT2D eigenvalue weighted by Crippen LogP contribution is -2.04. The van der Waals surface area contributed by atoms with E-state index in [1.165, 1.54) is 6.26 Å². The summed E-state index contributed by atoms with van der Waals surface area (Å²) in [6.07, 6.45) is 4.50. The van der Waals surface area contributed by atoms with Crippen LogP contribution in [0.25, 0.3) is 11.0 Å². The molecule has 2 rings (SSSR count). The number of halogens is 1. The Balaban J connectivity index is 2.63. The van der Waals surface area contributed by atoms with E-state index in [9.17, 15) is 8.42 Å². The molecule has 0 aliphatic heterocycles. The van der Waals surface area contributed by atoms with Crippen LogP contribution in [0.3, 0.4) is 0 Å². The number of aryl methyl sites for hydroxylation is 1. The summed E-state index contributed by atoms with van der Waals surface area (Å²) in [5.74, 6) is 0.735. The van der Waals surface area contributed by atoms with Gasteiger partial charge in [-0.05, 0) is 25.5 Å². The zero-order valence-corrected chi connectivity index (χ0v) is 14.2. The van der Waals surface area contributed by atoms with Gasteiger partial charge in [-0.15, -0.1) is 11.6 Å². The highest BCUT2D eigenvalue weighted by Gasteiger charge is 2.20. The molecule has 21 heavy (non-hydrogen) atoms. The molecule has 0 saturated carbocycles. The van der Waals surface area contributed by atoms with Crippen LogP contribution < -0.4 is 0 Å². The lowest BCUT2D eigenvalue weighted by Gasteiger charge is -2.10. The molecule has 6 heteroatoms. The predicted molar refractivity (Wildman–Crippen MR) is 86.6 cm³/mol. The van der Waals surface area contributed by atoms with Crippen molar-refractivity contribution in [2.75, 3.05) is 6.26 Å². The number of para-hydroxylation sites is 1. The summed E-state index contributed by atoms with van der Waals surface area (Å²) in [7, 11) is -3.30. The van der Waals surface area contributed by atoms with Gasteiger partial charge in [0.2, 0.25) is 0 Å². The summed E-state index contributed by atoms with van der Waals surface area (Å²) in [6, 6.07) is 5.27. The number of hydrogen-bond donors (Lipinski definition) is 0. The third kappa shape index (κ3) is 3.40. The third-order valence-electron chi connectivity index (χ3n) is 3.51. The maximum atomic E-state index is 11.9. The van der Waals surface area contributed by atoms with Crippen LogP contribution in [0.5, 0.6) is 0 Å². The predicted octanol–water partition coefficient (Wildman–Crippen LogP) is 3.93. The van der Waals surface area contributed by atoms with Gasteiger partial charge < -0.3 is 4.57 Å². The van der Waals surface area contributed by atoms with Crippen molar-refractivity contribution in [3.05, 3.63) is 24.0 Å². The number of alkyl halides is 1. The molecule has 0 saturated heterocycles. The number of benzene rings is 1. The quantitative estimate of drug-likeness (QED) is 0.596. The average molecular weight is 329 g/mol. The molecule has 0 spiro atoms. The van der Waals surface area contributed by atoms with Gasteiger partial charge in [-0.2, -0.15) is 0 Å². The van der Waals surface area contributed by atoms with Crippen molar-refractivity contribution >= 4 is 32.5 Å². The molecule has 0 radical (unpaired) electrons. The molecule has 4 nitrogen and oxygen atoms in total. The standard InChI is InChI=1S/C15H21ClN2O2S/c1-4-5-6-10-18-12-8-7-9-13(21(3,19)20)14(12)17-15(18)11(2)16/h7-9,11H,4-6,10H2,1-3H3. The molecule has 1 aromatic heterocycles. The molecule has 0 fully saturated rings. The molecular weight excluding hydrogens is 308 g/mol. The minimum atomic E-state index is -3.30. The van der Waals surface area contributed by atoms with Gasteiger partial charge in [0, 0.05) is 12.8 Å². The lowest BCUT2D eigenvalue weighted by molar-refractivity contribution is 0.591. The van der Waals surface area contributed by atoms with Crippen LogP contribution in [0.1, 0.15) is 44.3 Å². The molecule has 1 aromatic carbocycles. The Bertz CT molecular complexity index is 735. The first-order valence-electron chi connectivity index (χ1n) is 7.19. The maximum absolute atomic E-state index is 11.9. The Morgan fingerprint density at radius 3 is 2.62 bits per heavy atom. The van der Waals surface area contributed by atoms with Crippen molar-refractivity contribution in [3.63, 3.8) is 0 Å². The summed E-state index contributed by atoms with van der Waals surface area (Å²) in [6.45, 7) is 4.82. The smallest absolute Gasteiger partial charge is 0.177 e. The van der Waals surface area contributed by atoms with Crippen LogP contribution in [0.15, 0.2) is 23.1 Å². The van der Waals surface area contributed by atoms with Gasteiger partial charge in [-0.1, -0.05) is 25.8 Å². The first kappa shape index (κ1) is 16.3. The van der Waals surface area contributed by atoms with Crippen LogP contribution >= 0.6 is 11.6 Å². The van der Waals surface area contributed by atoms with Gasteiger partial charge in [0.25, 0.3) is 0 Å². The monoisotopic (exact) mass is 328 g/mol. The molecule has 1 unspecified atom stereocenters. The molecule has 2 aromatic rings. The Morgan fingerprint density at radius 1 is 1.33 bits per heavy atom. The van der Waals surface area contributed by atoms with E-state index in [2.05, 4.69) is 16.5 Å². The van der Waals surface area contributed by atoms with E-state index in [1.54, 1.807) is 12.1 Å². The van der Waals surface area contributed by atoms with Crippen molar-refractivity contribution < 1.29 is 8.42 Å². The van der Waals surface area contributed by atoms with Crippen molar-refractivity contribution in [2.45, 2.75) is 49.9 Å². The minimum absolute atomic E-state index is 0.258. The van der Waals surface area contributed by atoms with E-state index in [0.717, 1.165) is 37.1 Å². The Kier molecular flexibility index (Phi) is 4.94. The number of rotatable bonds is 6. The van der Waals surface area contributed by atoms with Crippen molar-refractivity contribution in [2.24, 2.45) is 0 Å². The van der Waals surface area contributed by atoms with Crippen molar-refractivity contribution in [3.8, 4) is 0 Å². The highest BCUT2D eigenvalue weighted by molar-refractivity contribution is 7.91. The first-order valence-corrected chi connectivity index (χ1v) is 9.52. The van der Waals surface area contributed by atoms with Gasteiger partial charge >= 0.3 is 0 Å². The van der Waals surface area contributed by atoms with Crippen LogP contribution in [0.4, 0.5) is 0 Å². The molecule has 0 amide bonds. The Hall–Kier alpha value is -1.07. The van der Waals surface area contributed by atoms with Gasteiger partial charge in [-0.25, -0.2) is 13.4 Å². The minimum Gasteiger partial charge on any atom is -0.327 e. The fraction of sp³-hybridized carbons (Fsp3) is 0.533.